The summed E-state index contributed by atoms with van der Waals surface area (Å²) >= 11 is 0. The highest BCUT2D eigenvalue weighted by Gasteiger charge is 2.28. The number of anilines is 1. The van der Waals surface area contributed by atoms with E-state index >= 15 is 0 Å². The SMILES string of the molecule is Cc1onc(C(C)(C)C)c1C(=O)Nc1ccc2oc(=O)n(C)c2c1. The van der Waals surface area contributed by atoms with Crippen molar-refractivity contribution in [3.8, 4) is 0 Å². The number of fused-ring (bicyclic) bond motifs is 1. The Labute approximate surface area is 138 Å². The number of rotatable bonds is 2. The molecule has 7 heteroatoms. The van der Waals surface area contributed by atoms with Gasteiger partial charge in [-0.1, -0.05) is 25.9 Å². The number of benzene rings is 1. The molecule has 0 fully saturated rings. The molecular formula is C17H19N3O4. The molecule has 1 N–H and O–H groups in total. The first kappa shape index (κ1) is 16.0. The maximum atomic E-state index is 12.7. The van der Waals surface area contributed by atoms with Crippen LogP contribution < -0.4 is 11.1 Å². The van der Waals surface area contributed by atoms with Crippen LogP contribution in [0.25, 0.3) is 11.1 Å². The molecule has 0 atom stereocenters. The third-order valence-corrected chi connectivity index (χ3v) is 3.85. The Morgan fingerprint density at radius 3 is 2.67 bits per heavy atom. The fourth-order valence-corrected chi connectivity index (χ4v) is 2.55. The molecular weight excluding hydrogens is 310 g/mol. The Balaban J connectivity index is 1.98. The van der Waals surface area contributed by atoms with Crippen LogP contribution in [0.5, 0.6) is 0 Å². The van der Waals surface area contributed by atoms with Crippen molar-refractivity contribution in [1.82, 2.24) is 9.72 Å². The van der Waals surface area contributed by atoms with Crippen LogP contribution in [0.2, 0.25) is 0 Å². The maximum absolute atomic E-state index is 12.7. The first-order valence-corrected chi connectivity index (χ1v) is 7.56. The van der Waals surface area contributed by atoms with Crippen LogP contribution in [-0.2, 0) is 12.5 Å². The predicted octanol–water partition coefficient (Wildman–Crippen LogP) is 2.98. The molecule has 7 nitrogen and oxygen atoms in total. The van der Waals surface area contributed by atoms with E-state index in [-0.39, 0.29) is 11.3 Å². The van der Waals surface area contributed by atoms with Gasteiger partial charge in [0.15, 0.2) is 5.58 Å². The van der Waals surface area contributed by atoms with Gasteiger partial charge in [0.2, 0.25) is 0 Å². The molecule has 0 saturated carbocycles. The average Bonchev–Trinajstić information content (AvgIpc) is 3.01. The fourth-order valence-electron chi connectivity index (χ4n) is 2.55. The number of nitrogens with zero attached hydrogens (tertiary/aromatic N) is 2. The Kier molecular flexibility index (Phi) is 3.59. The van der Waals surface area contributed by atoms with E-state index in [1.165, 1.54) is 4.57 Å². The molecule has 126 valence electrons. The molecule has 0 aliphatic heterocycles. The second-order valence-corrected chi connectivity index (χ2v) is 6.78. The smallest absolute Gasteiger partial charge is 0.408 e. The zero-order valence-corrected chi connectivity index (χ0v) is 14.3. The van der Waals surface area contributed by atoms with Crippen molar-refractivity contribution in [3.63, 3.8) is 0 Å². The van der Waals surface area contributed by atoms with Gasteiger partial charge in [-0.25, -0.2) is 4.79 Å². The van der Waals surface area contributed by atoms with Gasteiger partial charge in [-0.05, 0) is 25.1 Å². The van der Waals surface area contributed by atoms with E-state index in [9.17, 15) is 9.59 Å². The fraction of sp³-hybridized carbons (Fsp3) is 0.353. The molecule has 0 aliphatic rings. The molecule has 0 radical (unpaired) electrons. The standard InChI is InChI=1S/C17H19N3O4/c1-9-13(14(19-24-9)17(2,3)4)15(21)18-10-6-7-12-11(8-10)20(5)16(22)23-12/h6-8H,1-5H3,(H,18,21). The summed E-state index contributed by atoms with van der Waals surface area (Å²) in [6.07, 6.45) is 0. The quantitative estimate of drug-likeness (QED) is 0.780. The Morgan fingerprint density at radius 1 is 1.29 bits per heavy atom. The summed E-state index contributed by atoms with van der Waals surface area (Å²) in [5.74, 6) is -0.279. The van der Waals surface area contributed by atoms with Crippen LogP contribution in [0.15, 0.2) is 31.9 Å². The number of amides is 1. The Morgan fingerprint density at radius 2 is 2.00 bits per heavy atom. The van der Waals surface area contributed by atoms with E-state index < -0.39 is 5.76 Å². The second-order valence-electron chi connectivity index (χ2n) is 6.78. The lowest BCUT2D eigenvalue weighted by molar-refractivity contribution is 0.102. The Hall–Kier alpha value is -2.83. The molecule has 0 unspecified atom stereocenters. The molecule has 0 aliphatic carbocycles. The summed E-state index contributed by atoms with van der Waals surface area (Å²) in [5.41, 5.74) is 2.36. The van der Waals surface area contributed by atoms with Crippen LogP contribution in [0.3, 0.4) is 0 Å². The summed E-state index contributed by atoms with van der Waals surface area (Å²) in [5, 5.41) is 6.85. The van der Waals surface area contributed by atoms with Crippen LogP contribution >= 0.6 is 0 Å². The van der Waals surface area contributed by atoms with E-state index in [0.717, 1.165) is 0 Å². The highest BCUT2D eigenvalue weighted by atomic mass is 16.5. The van der Waals surface area contributed by atoms with Gasteiger partial charge in [-0.2, -0.15) is 0 Å². The summed E-state index contributed by atoms with van der Waals surface area (Å²) in [7, 11) is 1.61. The van der Waals surface area contributed by atoms with Gasteiger partial charge in [0.25, 0.3) is 5.91 Å². The number of aryl methyl sites for hydroxylation is 2. The largest absolute Gasteiger partial charge is 0.419 e. The van der Waals surface area contributed by atoms with Crippen molar-refractivity contribution in [2.75, 3.05) is 5.32 Å². The van der Waals surface area contributed by atoms with Gasteiger partial charge in [-0.3, -0.25) is 9.36 Å². The van der Waals surface area contributed by atoms with E-state index in [1.807, 2.05) is 20.8 Å². The first-order valence-electron chi connectivity index (χ1n) is 7.56. The van der Waals surface area contributed by atoms with Crippen molar-refractivity contribution < 1.29 is 13.7 Å². The minimum absolute atomic E-state index is 0.300. The highest BCUT2D eigenvalue weighted by molar-refractivity contribution is 6.06. The van der Waals surface area contributed by atoms with Crippen molar-refractivity contribution in [2.24, 2.45) is 7.05 Å². The normalized spacial score (nSPS) is 11.9. The van der Waals surface area contributed by atoms with Crippen LogP contribution in [0.1, 0.15) is 42.6 Å². The van der Waals surface area contributed by atoms with Crippen molar-refractivity contribution in [1.29, 1.82) is 0 Å². The average molecular weight is 329 g/mol. The zero-order chi connectivity index (χ0) is 17.6. The predicted molar refractivity (Wildman–Crippen MR) is 89.3 cm³/mol. The number of carbonyl (C=O) groups excluding carboxylic acids is 1. The maximum Gasteiger partial charge on any atom is 0.419 e. The number of aromatic nitrogens is 2. The first-order chi connectivity index (χ1) is 11.2. The van der Waals surface area contributed by atoms with Crippen LogP contribution in [0.4, 0.5) is 5.69 Å². The zero-order valence-electron chi connectivity index (χ0n) is 14.3. The van der Waals surface area contributed by atoms with E-state index in [2.05, 4.69) is 10.5 Å². The Bertz CT molecular complexity index is 986. The highest BCUT2D eigenvalue weighted by Crippen LogP contribution is 2.28. The van der Waals surface area contributed by atoms with Gasteiger partial charge in [0.1, 0.15) is 17.0 Å². The number of oxazole rings is 1. The molecule has 0 saturated heterocycles. The third kappa shape index (κ3) is 2.62. The molecule has 3 aromatic rings. The van der Waals surface area contributed by atoms with Crippen LogP contribution in [-0.4, -0.2) is 15.6 Å². The molecule has 1 amide bonds. The molecule has 2 aromatic heterocycles. The number of hydrogen-bond donors (Lipinski definition) is 1. The summed E-state index contributed by atoms with van der Waals surface area (Å²) in [4.78, 5) is 24.2. The molecule has 1 aromatic carbocycles. The number of carbonyl (C=O) groups is 1. The second kappa shape index (κ2) is 5.36. The van der Waals surface area contributed by atoms with Gasteiger partial charge >= 0.3 is 5.76 Å². The summed E-state index contributed by atoms with van der Waals surface area (Å²) in [6.45, 7) is 7.61. The van der Waals surface area contributed by atoms with Crippen molar-refractivity contribution in [2.45, 2.75) is 33.1 Å². The van der Waals surface area contributed by atoms with Gasteiger partial charge in [0.05, 0.1) is 5.52 Å². The van der Waals surface area contributed by atoms with Crippen molar-refractivity contribution in [3.05, 3.63) is 45.8 Å². The van der Waals surface area contributed by atoms with E-state index in [0.29, 0.717) is 33.8 Å². The monoisotopic (exact) mass is 329 g/mol. The molecule has 3 rings (SSSR count). The van der Waals surface area contributed by atoms with Gasteiger partial charge in [0, 0.05) is 18.2 Å². The lowest BCUT2D eigenvalue weighted by atomic mass is 9.88. The molecule has 24 heavy (non-hydrogen) atoms. The van der Waals surface area contributed by atoms with E-state index in [4.69, 9.17) is 8.94 Å². The molecule has 2 heterocycles. The molecule has 0 bridgehead atoms. The van der Waals surface area contributed by atoms with Crippen molar-refractivity contribution >= 4 is 22.7 Å². The van der Waals surface area contributed by atoms with Gasteiger partial charge < -0.3 is 14.3 Å². The lowest BCUT2D eigenvalue weighted by Crippen LogP contribution is -2.21. The minimum Gasteiger partial charge on any atom is -0.408 e. The minimum atomic E-state index is -0.446. The van der Waals surface area contributed by atoms with E-state index in [1.54, 1.807) is 32.2 Å². The third-order valence-electron chi connectivity index (χ3n) is 3.85. The summed E-state index contributed by atoms with van der Waals surface area (Å²) in [6, 6.07) is 5.03. The number of hydrogen-bond acceptors (Lipinski definition) is 5. The number of nitrogens with one attached hydrogen (secondary N) is 1. The molecule has 0 spiro atoms. The van der Waals surface area contributed by atoms with Gasteiger partial charge in [-0.15, -0.1) is 0 Å². The lowest BCUT2D eigenvalue weighted by Gasteiger charge is -2.16. The summed E-state index contributed by atoms with van der Waals surface area (Å²) < 4.78 is 11.7. The van der Waals surface area contributed by atoms with Crippen LogP contribution in [0, 0.1) is 6.92 Å². The topological polar surface area (TPSA) is 90.3 Å².